The molecule has 0 N–H and O–H groups in total. The molecule has 76 valence electrons. The Bertz CT molecular complexity index is 500. The predicted octanol–water partition coefficient (Wildman–Crippen LogP) is 2.30. The van der Waals surface area contributed by atoms with Gasteiger partial charge in [-0.15, -0.1) is 0 Å². The molecule has 3 heteroatoms. The lowest BCUT2D eigenvalue weighted by Crippen LogP contribution is -1.96. The zero-order valence-electron chi connectivity index (χ0n) is 8.77. The molecule has 1 aromatic carbocycles. The van der Waals surface area contributed by atoms with E-state index in [0.29, 0.717) is 0 Å². The summed E-state index contributed by atoms with van der Waals surface area (Å²) in [4.78, 5) is 10.7. The number of hydrogen-bond acceptors (Lipinski definition) is 2. The van der Waals surface area contributed by atoms with Gasteiger partial charge in [0.15, 0.2) is 0 Å². The van der Waals surface area contributed by atoms with Crippen LogP contribution in [0.15, 0.2) is 30.6 Å². The number of carbonyl (C=O) groups excluding carboxylic acids is 1. The first-order valence-corrected chi connectivity index (χ1v) is 4.78. The van der Waals surface area contributed by atoms with Crippen molar-refractivity contribution in [2.45, 2.75) is 13.8 Å². The van der Waals surface area contributed by atoms with E-state index in [9.17, 15) is 4.79 Å². The van der Waals surface area contributed by atoms with Crippen molar-refractivity contribution >= 4 is 6.29 Å². The Morgan fingerprint density at radius 1 is 1.33 bits per heavy atom. The van der Waals surface area contributed by atoms with E-state index in [2.05, 4.69) is 5.10 Å². The first-order chi connectivity index (χ1) is 7.20. The number of aldehydes is 1. The smallest absolute Gasteiger partial charge is 0.150 e. The Morgan fingerprint density at radius 2 is 2.13 bits per heavy atom. The largest absolute Gasteiger partial charge is 0.298 e. The topological polar surface area (TPSA) is 34.9 Å². The second-order valence-corrected chi connectivity index (χ2v) is 3.62. The van der Waals surface area contributed by atoms with Gasteiger partial charge < -0.3 is 0 Å². The van der Waals surface area contributed by atoms with Gasteiger partial charge in [0.1, 0.15) is 6.29 Å². The molecule has 0 aliphatic carbocycles. The lowest BCUT2D eigenvalue weighted by atomic mass is 10.1. The first-order valence-electron chi connectivity index (χ1n) is 4.78. The van der Waals surface area contributed by atoms with Gasteiger partial charge in [-0.25, -0.2) is 4.68 Å². The van der Waals surface area contributed by atoms with Crippen molar-refractivity contribution in [1.29, 1.82) is 0 Å². The van der Waals surface area contributed by atoms with Crippen LogP contribution in [0.5, 0.6) is 0 Å². The Balaban J connectivity index is 2.46. The van der Waals surface area contributed by atoms with E-state index in [1.807, 2.05) is 44.4 Å². The summed E-state index contributed by atoms with van der Waals surface area (Å²) in [6.07, 6.45) is 4.63. The summed E-state index contributed by atoms with van der Waals surface area (Å²) in [5, 5.41) is 4.21. The van der Waals surface area contributed by atoms with Gasteiger partial charge in [-0.05, 0) is 43.2 Å². The van der Waals surface area contributed by atoms with Crippen LogP contribution in [0.3, 0.4) is 0 Å². The number of nitrogens with zero attached hydrogens (tertiary/aromatic N) is 2. The molecule has 0 spiro atoms. The fraction of sp³-hybridized carbons (Fsp3) is 0.167. The van der Waals surface area contributed by atoms with Crippen molar-refractivity contribution in [1.82, 2.24) is 9.78 Å². The van der Waals surface area contributed by atoms with E-state index < -0.39 is 0 Å². The molecule has 15 heavy (non-hydrogen) atoms. The molecule has 0 saturated carbocycles. The van der Waals surface area contributed by atoms with E-state index in [0.717, 1.165) is 28.7 Å². The summed E-state index contributed by atoms with van der Waals surface area (Å²) in [6.45, 7) is 3.92. The fourth-order valence-electron chi connectivity index (χ4n) is 1.49. The standard InChI is InChI=1S/C12H12N2O/c1-9-6-13-14(7-9)12-4-3-11(8-15)10(2)5-12/h3-8H,1-2H3. The van der Waals surface area contributed by atoms with E-state index in [1.165, 1.54) is 0 Å². The molecule has 0 fully saturated rings. The van der Waals surface area contributed by atoms with Gasteiger partial charge >= 0.3 is 0 Å². The molecule has 0 saturated heterocycles. The zero-order chi connectivity index (χ0) is 10.8. The van der Waals surface area contributed by atoms with Crippen LogP contribution in [0.4, 0.5) is 0 Å². The minimum Gasteiger partial charge on any atom is -0.298 e. The average Bonchev–Trinajstić information content (AvgIpc) is 2.65. The fourth-order valence-corrected chi connectivity index (χ4v) is 1.49. The molecule has 0 amide bonds. The zero-order valence-corrected chi connectivity index (χ0v) is 8.77. The van der Waals surface area contributed by atoms with Gasteiger partial charge in [0, 0.05) is 11.8 Å². The molecule has 1 aromatic heterocycles. The van der Waals surface area contributed by atoms with Crippen molar-refractivity contribution < 1.29 is 4.79 Å². The molecular weight excluding hydrogens is 188 g/mol. The van der Waals surface area contributed by atoms with Gasteiger partial charge in [0.2, 0.25) is 0 Å². The highest BCUT2D eigenvalue weighted by Gasteiger charge is 2.01. The predicted molar refractivity (Wildman–Crippen MR) is 58.4 cm³/mol. The Hall–Kier alpha value is -1.90. The molecule has 0 aliphatic rings. The van der Waals surface area contributed by atoms with Crippen molar-refractivity contribution in [2.24, 2.45) is 0 Å². The van der Waals surface area contributed by atoms with Gasteiger partial charge in [0.25, 0.3) is 0 Å². The molecule has 0 radical (unpaired) electrons. The maximum absolute atomic E-state index is 10.7. The van der Waals surface area contributed by atoms with Gasteiger partial charge in [-0.2, -0.15) is 5.10 Å². The lowest BCUT2D eigenvalue weighted by molar-refractivity contribution is 0.112. The lowest BCUT2D eigenvalue weighted by Gasteiger charge is -2.04. The quantitative estimate of drug-likeness (QED) is 0.697. The summed E-state index contributed by atoms with van der Waals surface area (Å²) >= 11 is 0. The molecule has 1 heterocycles. The van der Waals surface area contributed by atoms with Crippen LogP contribution < -0.4 is 0 Å². The van der Waals surface area contributed by atoms with Crippen LogP contribution in [0.2, 0.25) is 0 Å². The van der Waals surface area contributed by atoms with Crippen LogP contribution in [0, 0.1) is 13.8 Å². The maximum atomic E-state index is 10.7. The average molecular weight is 200 g/mol. The van der Waals surface area contributed by atoms with E-state index in [1.54, 1.807) is 4.68 Å². The number of rotatable bonds is 2. The Kier molecular flexibility index (Phi) is 2.37. The first kappa shape index (κ1) is 9.65. The molecule has 0 bridgehead atoms. The molecule has 2 rings (SSSR count). The number of carbonyl (C=O) groups is 1. The number of hydrogen-bond donors (Lipinski definition) is 0. The minimum atomic E-state index is 0.725. The second kappa shape index (κ2) is 3.69. The Morgan fingerprint density at radius 3 is 2.67 bits per heavy atom. The Labute approximate surface area is 88.4 Å². The van der Waals surface area contributed by atoms with Gasteiger partial charge in [0.05, 0.1) is 11.9 Å². The van der Waals surface area contributed by atoms with Crippen LogP contribution in [-0.2, 0) is 0 Å². The number of aryl methyl sites for hydroxylation is 2. The highest BCUT2D eigenvalue weighted by atomic mass is 16.1. The normalized spacial score (nSPS) is 10.3. The van der Waals surface area contributed by atoms with Crippen LogP contribution in [0.25, 0.3) is 5.69 Å². The van der Waals surface area contributed by atoms with Crippen molar-refractivity contribution in [3.63, 3.8) is 0 Å². The summed E-state index contributed by atoms with van der Waals surface area (Å²) in [5.74, 6) is 0. The monoisotopic (exact) mass is 200 g/mol. The van der Waals surface area contributed by atoms with Crippen molar-refractivity contribution in [3.05, 3.63) is 47.3 Å². The van der Waals surface area contributed by atoms with Crippen LogP contribution >= 0.6 is 0 Å². The molecule has 2 aromatic rings. The van der Waals surface area contributed by atoms with E-state index in [4.69, 9.17) is 0 Å². The third-order valence-corrected chi connectivity index (χ3v) is 2.36. The molecule has 0 aliphatic heterocycles. The molecule has 3 nitrogen and oxygen atoms in total. The minimum absolute atomic E-state index is 0.725. The third kappa shape index (κ3) is 1.81. The van der Waals surface area contributed by atoms with Crippen LogP contribution in [-0.4, -0.2) is 16.1 Å². The number of benzene rings is 1. The summed E-state index contributed by atoms with van der Waals surface area (Å²) in [6, 6.07) is 5.66. The van der Waals surface area contributed by atoms with E-state index >= 15 is 0 Å². The highest BCUT2D eigenvalue weighted by Crippen LogP contribution is 2.13. The van der Waals surface area contributed by atoms with Crippen molar-refractivity contribution in [3.8, 4) is 5.69 Å². The van der Waals surface area contributed by atoms with Crippen molar-refractivity contribution in [2.75, 3.05) is 0 Å². The second-order valence-electron chi connectivity index (χ2n) is 3.62. The maximum Gasteiger partial charge on any atom is 0.150 e. The van der Waals surface area contributed by atoms with Crippen LogP contribution in [0.1, 0.15) is 21.5 Å². The third-order valence-electron chi connectivity index (χ3n) is 2.36. The number of aromatic nitrogens is 2. The van der Waals surface area contributed by atoms with E-state index in [-0.39, 0.29) is 0 Å². The summed E-state index contributed by atoms with van der Waals surface area (Å²) in [7, 11) is 0. The van der Waals surface area contributed by atoms with Gasteiger partial charge in [-0.3, -0.25) is 4.79 Å². The molecule has 0 atom stereocenters. The van der Waals surface area contributed by atoms with Gasteiger partial charge in [-0.1, -0.05) is 0 Å². The summed E-state index contributed by atoms with van der Waals surface area (Å²) < 4.78 is 1.80. The molecular formula is C12H12N2O. The summed E-state index contributed by atoms with van der Waals surface area (Å²) in [5.41, 5.74) is 3.79. The molecule has 0 unspecified atom stereocenters. The SMILES string of the molecule is Cc1cnn(-c2ccc(C=O)c(C)c2)c1. The highest BCUT2D eigenvalue weighted by molar-refractivity contribution is 5.77.